The lowest BCUT2D eigenvalue weighted by Gasteiger charge is -2.12. The van der Waals surface area contributed by atoms with Crippen LogP contribution in [0.25, 0.3) is 0 Å². The molecule has 2 rings (SSSR count). The SMILES string of the molecule is CCCCCCCCCCCCCc1ccccc1Oc1ccc(O)c(S(=O)(=O)O)c1. The van der Waals surface area contributed by atoms with Crippen LogP contribution in [0.5, 0.6) is 17.2 Å². The lowest BCUT2D eigenvalue weighted by atomic mass is 10.0. The third-order valence-corrected chi connectivity index (χ3v) is 6.34. The molecule has 0 aliphatic heterocycles. The fourth-order valence-corrected chi connectivity index (χ4v) is 4.28. The number of aromatic hydroxyl groups is 1. The van der Waals surface area contributed by atoms with Crippen LogP contribution in [0.1, 0.15) is 83.1 Å². The van der Waals surface area contributed by atoms with Crippen molar-refractivity contribution in [1.29, 1.82) is 0 Å². The van der Waals surface area contributed by atoms with Crippen LogP contribution in [0.3, 0.4) is 0 Å². The van der Waals surface area contributed by atoms with Crippen LogP contribution in [-0.4, -0.2) is 18.1 Å². The Kier molecular flexibility index (Phi) is 10.9. The van der Waals surface area contributed by atoms with Crippen molar-refractivity contribution >= 4 is 10.1 Å². The Bertz CT molecular complexity index is 893. The molecule has 0 saturated carbocycles. The van der Waals surface area contributed by atoms with Crippen LogP contribution in [0, 0.1) is 0 Å². The van der Waals surface area contributed by atoms with E-state index in [0.717, 1.165) is 24.5 Å². The number of rotatable bonds is 15. The molecule has 0 spiro atoms. The molecule has 0 radical (unpaired) electrons. The number of hydrogen-bond donors (Lipinski definition) is 2. The van der Waals surface area contributed by atoms with E-state index in [2.05, 4.69) is 6.92 Å². The minimum Gasteiger partial charge on any atom is -0.506 e. The molecule has 0 bridgehead atoms. The molecule has 5 nitrogen and oxygen atoms in total. The van der Waals surface area contributed by atoms with Crippen molar-refractivity contribution in [2.24, 2.45) is 0 Å². The fourth-order valence-electron chi connectivity index (χ4n) is 3.68. The molecule has 0 atom stereocenters. The second-order valence-electron chi connectivity index (χ2n) is 8.10. The average Bonchev–Trinajstić information content (AvgIpc) is 2.73. The molecule has 0 aliphatic rings. The maximum Gasteiger partial charge on any atom is 0.298 e. The Hall–Kier alpha value is -2.05. The van der Waals surface area contributed by atoms with E-state index in [0.29, 0.717) is 5.75 Å². The van der Waals surface area contributed by atoms with Crippen molar-refractivity contribution < 1.29 is 22.8 Å². The molecule has 0 unspecified atom stereocenters. The van der Waals surface area contributed by atoms with E-state index in [1.54, 1.807) is 0 Å². The number of para-hydroxylation sites is 1. The number of hydrogen-bond acceptors (Lipinski definition) is 4. The number of unbranched alkanes of at least 4 members (excludes halogenated alkanes) is 10. The van der Waals surface area contributed by atoms with Gasteiger partial charge in [0.1, 0.15) is 22.1 Å². The molecule has 6 heteroatoms. The normalized spacial score (nSPS) is 11.5. The summed E-state index contributed by atoms with van der Waals surface area (Å²) in [5.74, 6) is 0.391. The van der Waals surface area contributed by atoms with E-state index in [9.17, 15) is 18.1 Å². The monoisotopic (exact) mass is 448 g/mol. The molecule has 2 aromatic rings. The van der Waals surface area contributed by atoms with Gasteiger partial charge in [-0.25, -0.2) is 0 Å². The van der Waals surface area contributed by atoms with Crippen LogP contribution in [0.2, 0.25) is 0 Å². The average molecular weight is 449 g/mol. The zero-order chi connectivity index (χ0) is 22.5. The van der Waals surface area contributed by atoms with Crippen LogP contribution >= 0.6 is 0 Å². The molecule has 0 fully saturated rings. The topological polar surface area (TPSA) is 83.8 Å². The first-order valence-corrected chi connectivity index (χ1v) is 12.9. The van der Waals surface area contributed by atoms with E-state index in [1.807, 2.05) is 24.3 Å². The standard InChI is InChI=1S/C25H36O5S/c1-2-3-4-5-6-7-8-9-10-11-12-15-21-16-13-14-17-24(21)30-22-18-19-23(26)25(20-22)31(27,28)29/h13-14,16-20,26H,2-12,15H2,1H3,(H,27,28,29). The summed E-state index contributed by atoms with van der Waals surface area (Å²) in [6.07, 6.45) is 15.1. The molecule has 0 aliphatic carbocycles. The summed E-state index contributed by atoms with van der Waals surface area (Å²) in [4.78, 5) is -0.562. The molecule has 2 N–H and O–H groups in total. The highest BCUT2D eigenvalue weighted by Gasteiger charge is 2.17. The Morgan fingerprint density at radius 1 is 0.806 bits per heavy atom. The summed E-state index contributed by atoms with van der Waals surface area (Å²) in [7, 11) is -4.52. The van der Waals surface area contributed by atoms with Crippen molar-refractivity contribution in [2.45, 2.75) is 88.9 Å². The van der Waals surface area contributed by atoms with Crippen molar-refractivity contribution in [2.75, 3.05) is 0 Å². The minimum atomic E-state index is -4.52. The van der Waals surface area contributed by atoms with Crippen LogP contribution < -0.4 is 4.74 Å². The largest absolute Gasteiger partial charge is 0.506 e. The second kappa shape index (κ2) is 13.4. The van der Waals surface area contributed by atoms with Gasteiger partial charge in [0, 0.05) is 6.07 Å². The van der Waals surface area contributed by atoms with E-state index in [4.69, 9.17) is 4.74 Å². The number of aryl methyl sites for hydroxylation is 1. The number of ether oxygens (including phenoxy) is 1. The summed E-state index contributed by atoms with van der Waals surface area (Å²) in [6, 6.07) is 11.5. The predicted octanol–water partition coefficient (Wildman–Crippen LogP) is 7.28. The van der Waals surface area contributed by atoms with Gasteiger partial charge in [-0.1, -0.05) is 89.3 Å². The first-order chi connectivity index (χ1) is 14.9. The summed E-state index contributed by atoms with van der Waals surface area (Å²) in [6.45, 7) is 2.25. The molecule has 172 valence electrons. The van der Waals surface area contributed by atoms with Gasteiger partial charge in [0.2, 0.25) is 0 Å². The van der Waals surface area contributed by atoms with Crippen molar-refractivity contribution in [3.8, 4) is 17.2 Å². The third kappa shape index (κ3) is 9.32. The van der Waals surface area contributed by atoms with Crippen molar-refractivity contribution in [1.82, 2.24) is 0 Å². The minimum absolute atomic E-state index is 0.247. The molecule has 0 saturated heterocycles. The summed E-state index contributed by atoms with van der Waals surface area (Å²) in [5.41, 5.74) is 1.06. The smallest absolute Gasteiger partial charge is 0.298 e. The van der Waals surface area contributed by atoms with Gasteiger partial charge in [-0.05, 0) is 36.6 Å². The molecular weight excluding hydrogens is 412 g/mol. The number of benzene rings is 2. The Balaban J connectivity index is 1.78. The molecule has 0 amide bonds. The molecule has 0 heterocycles. The highest BCUT2D eigenvalue weighted by Crippen LogP contribution is 2.32. The zero-order valence-corrected chi connectivity index (χ0v) is 19.4. The lowest BCUT2D eigenvalue weighted by molar-refractivity contribution is 0.434. The van der Waals surface area contributed by atoms with Gasteiger partial charge in [-0.3, -0.25) is 4.55 Å². The van der Waals surface area contributed by atoms with Gasteiger partial charge in [0.05, 0.1) is 0 Å². The van der Waals surface area contributed by atoms with Crippen molar-refractivity contribution in [3.63, 3.8) is 0 Å². The van der Waals surface area contributed by atoms with Gasteiger partial charge < -0.3 is 9.84 Å². The first kappa shape index (κ1) is 25.2. The number of phenolic OH excluding ortho intramolecular Hbond substituents is 1. The van der Waals surface area contributed by atoms with Crippen LogP contribution in [0.4, 0.5) is 0 Å². The van der Waals surface area contributed by atoms with Crippen LogP contribution in [0.15, 0.2) is 47.4 Å². The molecule has 31 heavy (non-hydrogen) atoms. The van der Waals surface area contributed by atoms with Gasteiger partial charge in [-0.15, -0.1) is 0 Å². The highest BCUT2D eigenvalue weighted by atomic mass is 32.2. The quantitative estimate of drug-likeness (QED) is 0.221. The summed E-state index contributed by atoms with van der Waals surface area (Å²) < 4.78 is 37.9. The highest BCUT2D eigenvalue weighted by molar-refractivity contribution is 7.86. The Labute approximate surface area is 187 Å². The van der Waals surface area contributed by atoms with Crippen LogP contribution in [-0.2, 0) is 16.5 Å². The number of phenols is 1. The van der Waals surface area contributed by atoms with Gasteiger partial charge >= 0.3 is 0 Å². The van der Waals surface area contributed by atoms with E-state index in [1.165, 1.54) is 76.3 Å². The summed E-state index contributed by atoms with van der Waals surface area (Å²) >= 11 is 0. The zero-order valence-electron chi connectivity index (χ0n) is 18.6. The van der Waals surface area contributed by atoms with E-state index >= 15 is 0 Å². The Morgan fingerprint density at radius 3 is 2.00 bits per heavy atom. The second-order valence-corrected chi connectivity index (χ2v) is 9.49. The van der Waals surface area contributed by atoms with E-state index in [-0.39, 0.29) is 5.75 Å². The molecular formula is C25H36O5S. The summed E-state index contributed by atoms with van der Waals surface area (Å²) in [5, 5.41) is 9.67. The van der Waals surface area contributed by atoms with Gasteiger partial charge in [-0.2, -0.15) is 8.42 Å². The third-order valence-electron chi connectivity index (χ3n) is 5.46. The maximum atomic E-state index is 11.4. The fraction of sp³-hybridized carbons (Fsp3) is 0.520. The predicted molar refractivity (Wildman–Crippen MR) is 125 cm³/mol. The van der Waals surface area contributed by atoms with Gasteiger partial charge in [0.25, 0.3) is 10.1 Å². The maximum absolute atomic E-state index is 11.4. The van der Waals surface area contributed by atoms with Crippen molar-refractivity contribution in [3.05, 3.63) is 48.0 Å². The van der Waals surface area contributed by atoms with E-state index < -0.39 is 20.8 Å². The van der Waals surface area contributed by atoms with Gasteiger partial charge in [0.15, 0.2) is 0 Å². The lowest BCUT2D eigenvalue weighted by Crippen LogP contribution is -1.99. The first-order valence-electron chi connectivity index (χ1n) is 11.5. The Morgan fingerprint density at radius 2 is 1.39 bits per heavy atom. The molecule has 2 aromatic carbocycles. The molecule has 0 aromatic heterocycles.